The Hall–Kier alpha value is -0.870. The van der Waals surface area contributed by atoms with Crippen LogP contribution in [0.5, 0.6) is 0 Å². The normalized spacial score (nSPS) is 15.6. The minimum absolute atomic E-state index is 0. The van der Waals surface area contributed by atoms with Crippen LogP contribution in [0, 0.1) is 5.41 Å². The largest absolute Gasteiger partial charge is 0.385 e. The van der Waals surface area contributed by atoms with E-state index in [1.54, 1.807) is 26.3 Å². The summed E-state index contributed by atoms with van der Waals surface area (Å²) in [7, 11) is 3.53. The summed E-state index contributed by atoms with van der Waals surface area (Å²) in [5, 5.41) is 9.64. The van der Waals surface area contributed by atoms with Crippen molar-refractivity contribution in [2.45, 2.75) is 32.1 Å². The van der Waals surface area contributed by atoms with E-state index >= 15 is 0 Å². The summed E-state index contributed by atoms with van der Waals surface area (Å²) in [4.78, 5) is 16.4. The fourth-order valence-electron chi connectivity index (χ4n) is 3.51. The maximum atomic E-state index is 12.1. The number of methoxy groups -OCH3 is 1. The van der Waals surface area contributed by atoms with Gasteiger partial charge in [0.05, 0.1) is 0 Å². The van der Waals surface area contributed by atoms with E-state index in [-0.39, 0.29) is 29.9 Å². The van der Waals surface area contributed by atoms with E-state index in [9.17, 15) is 4.79 Å². The van der Waals surface area contributed by atoms with Crippen molar-refractivity contribution in [1.82, 2.24) is 16.0 Å². The number of hydrogen-bond acceptors (Lipinski definition) is 3. The molecule has 1 fully saturated rings. The van der Waals surface area contributed by atoms with Gasteiger partial charge in [0.2, 0.25) is 0 Å². The van der Waals surface area contributed by atoms with Crippen LogP contribution in [0.25, 0.3) is 0 Å². The van der Waals surface area contributed by atoms with Gasteiger partial charge >= 0.3 is 0 Å². The zero-order valence-electron chi connectivity index (χ0n) is 16.7. The molecule has 1 aromatic carbocycles. The molecule has 1 amide bonds. The number of carbonyl (C=O) groups excluding carboxylic acids is 1. The number of halogens is 2. The molecule has 3 N–H and O–H groups in total. The van der Waals surface area contributed by atoms with Gasteiger partial charge in [0.25, 0.3) is 5.91 Å². The van der Waals surface area contributed by atoms with E-state index in [0.717, 1.165) is 30.0 Å². The summed E-state index contributed by atoms with van der Waals surface area (Å²) in [6.45, 7) is 2.86. The highest BCUT2D eigenvalue weighted by molar-refractivity contribution is 14.0. The van der Waals surface area contributed by atoms with Gasteiger partial charge in [-0.15, -0.1) is 24.0 Å². The highest BCUT2D eigenvalue weighted by Gasteiger charge is 2.33. The molecule has 0 aliphatic heterocycles. The van der Waals surface area contributed by atoms with Crippen molar-refractivity contribution < 1.29 is 9.53 Å². The number of hydrogen-bond donors (Lipinski definition) is 3. The van der Waals surface area contributed by atoms with Crippen LogP contribution in [0.3, 0.4) is 0 Å². The second-order valence-electron chi connectivity index (χ2n) is 7.07. The van der Waals surface area contributed by atoms with Gasteiger partial charge in [-0.25, -0.2) is 0 Å². The maximum absolute atomic E-state index is 12.1. The van der Waals surface area contributed by atoms with Crippen LogP contribution < -0.4 is 16.0 Å². The van der Waals surface area contributed by atoms with Crippen molar-refractivity contribution in [3.8, 4) is 0 Å². The molecule has 1 saturated carbocycles. The molecule has 2 rings (SSSR count). The number of rotatable bonds is 9. The molecule has 0 heterocycles. The predicted octanol–water partition coefficient (Wildman–Crippen LogP) is 3.56. The maximum Gasteiger partial charge on any atom is 0.251 e. The SMILES string of the molecule is CN=C(NCCNC(=O)c1ccc(Br)cc1)NCC1(CCOC)CCCC1.I. The molecule has 1 aliphatic carbocycles. The molecule has 1 aromatic rings. The van der Waals surface area contributed by atoms with Crippen LogP contribution in [-0.2, 0) is 4.74 Å². The molecule has 1 aliphatic rings. The van der Waals surface area contributed by atoms with Crippen LogP contribution in [0.4, 0.5) is 0 Å². The standard InChI is InChI=1S/C20H31BrN4O2.HI/c1-22-19(25-15-20(11-14-27-2)9-3-4-10-20)24-13-12-23-18(26)16-5-7-17(21)8-6-16;/h5-8H,3-4,9-15H2,1-2H3,(H,23,26)(H2,22,24,25);1H. The van der Waals surface area contributed by atoms with E-state index in [1.807, 2.05) is 12.1 Å². The molecule has 0 radical (unpaired) electrons. The molecule has 158 valence electrons. The molecule has 0 atom stereocenters. The summed E-state index contributed by atoms with van der Waals surface area (Å²) in [6.07, 6.45) is 6.14. The highest BCUT2D eigenvalue weighted by atomic mass is 127. The summed E-state index contributed by atoms with van der Waals surface area (Å²) < 4.78 is 6.25. The van der Waals surface area contributed by atoms with Gasteiger partial charge in [-0.1, -0.05) is 28.8 Å². The van der Waals surface area contributed by atoms with Crippen LogP contribution in [0.2, 0.25) is 0 Å². The molecular weight excluding hydrogens is 535 g/mol. The average Bonchev–Trinajstić information content (AvgIpc) is 3.15. The van der Waals surface area contributed by atoms with Gasteiger partial charge in [0.15, 0.2) is 5.96 Å². The number of nitrogens with zero attached hydrogens (tertiary/aromatic N) is 1. The Balaban J connectivity index is 0.00000392. The lowest BCUT2D eigenvalue weighted by atomic mass is 9.83. The Bertz CT molecular complexity index is 619. The first-order chi connectivity index (χ1) is 13.1. The third-order valence-corrected chi connectivity index (χ3v) is 5.69. The number of benzene rings is 1. The van der Waals surface area contributed by atoms with E-state index in [1.165, 1.54) is 25.7 Å². The Morgan fingerprint density at radius 1 is 1.14 bits per heavy atom. The lowest BCUT2D eigenvalue weighted by molar-refractivity contribution is 0.0954. The molecule has 0 bridgehead atoms. The fourth-order valence-corrected chi connectivity index (χ4v) is 3.78. The predicted molar refractivity (Wildman–Crippen MR) is 129 cm³/mol. The first-order valence-corrected chi connectivity index (χ1v) is 10.4. The number of ether oxygens (including phenoxy) is 1. The van der Waals surface area contributed by atoms with Crippen molar-refractivity contribution in [1.29, 1.82) is 0 Å². The third-order valence-electron chi connectivity index (χ3n) is 5.16. The van der Waals surface area contributed by atoms with E-state index < -0.39 is 0 Å². The van der Waals surface area contributed by atoms with Gasteiger partial charge in [-0.3, -0.25) is 9.79 Å². The van der Waals surface area contributed by atoms with Crippen molar-refractivity contribution in [2.75, 3.05) is 40.4 Å². The van der Waals surface area contributed by atoms with E-state index in [0.29, 0.717) is 24.1 Å². The van der Waals surface area contributed by atoms with Crippen molar-refractivity contribution in [3.05, 3.63) is 34.3 Å². The quantitative estimate of drug-likeness (QED) is 0.185. The zero-order chi connectivity index (χ0) is 19.5. The molecule has 0 spiro atoms. The van der Waals surface area contributed by atoms with Gasteiger partial charge in [-0.05, 0) is 48.9 Å². The lowest BCUT2D eigenvalue weighted by Gasteiger charge is -2.30. The summed E-state index contributed by atoms with van der Waals surface area (Å²) in [6, 6.07) is 7.32. The van der Waals surface area contributed by atoms with Crippen molar-refractivity contribution in [3.63, 3.8) is 0 Å². The number of carbonyl (C=O) groups is 1. The molecule has 0 unspecified atom stereocenters. The molecule has 8 heteroatoms. The lowest BCUT2D eigenvalue weighted by Crippen LogP contribution is -2.45. The number of nitrogens with one attached hydrogen (secondary N) is 3. The number of guanidine groups is 1. The molecule has 0 saturated heterocycles. The first kappa shape index (κ1) is 25.2. The Labute approximate surface area is 193 Å². The van der Waals surface area contributed by atoms with Gasteiger partial charge in [-0.2, -0.15) is 0 Å². The van der Waals surface area contributed by atoms with E-state index in [2.05, 4.69) is 36.9 Å². The molecule has 6 nitrogen and oxygen atoms in total. The Morgan fingerprint density at radius 3 is 2.39 bits per heavy atom. The zero-order valence-corrected chi connectivity index (χ0v) is 20.6. The van der Waals surface area contributed by atoms with Crippen LogP contribution >= 0.6 is 39.9 Å². The second kappa shape index (κ2) is 13.4. The van der Waals surface area contributed by atoms with Crippen LogP contribution in [0.15, 0.2) is 33.7 Å². The van der Waals surface area contributed by atoms with E-state index in [4.69, 9.17) is 4.74 Å². The van der Waals surface area contributed by atoms with Gasteiger partial charge in [0, 0.05) is 50.4 Å². The van der Waals surface area contributed by atoms with Gasteiger partial charge in [0.1, 0.15) is 0 Å². The minimum atomic E-state index is -0.0725. The van der Waals surface area contributed by atoms with Crippen molar-refractivity contribution >= 4 is 51.8 Å². The third kappa shape index (κ3) is 8.24. The highest BCUT2D eigenvalue weighted by Crippen LogP contribution is 2.40. The summed E-state index contributed by atoms with van der Waals surface area (Å²) >= 11 is 3.37. The van der Waals surface area contributed by atoms with Crippen molar-refractivity contribution in [2.24, 2.45) is 10.4 Å². The molecule has 28 heavy (non-hydrogen) atoms. The topological polar surface area (TPSA) is 74.8 Å². The monoisotopic (exact) mass is 566 g/mol. The Morgan fingerprint density at radius 2 is 1.79 bits per heavy atom. The smallest absolute Gasteiger partial charge is 0.251 e. The summed E-state index contributed by atoms with van der Waals surface area (Å²) in [5.74, 6) is 0.702. The van der Waals surface area contributed by atoms with Crippen LogP contribution in [0.1, 0.15) is 42.5 Å². The Kier molecular flexibility index (Phi) is 12.0. The average molecular weight is 567 g/mol. The van der Waals surface area contributed by atoms with Crippen LogP contribution in [-0.4, -0.2) is 52.3 Å². The minimum Gasteiger partial charge on any atom is -0.385 e. The number of aliphatic imine (C=N–C) groups is 1. The molecular formula is C20H32BrIN4O2. The van der Waals surface area contributed by atoms with Gasteiger partial charge < -0.3 is 20.7 Å². The first-order valence-electron chi connectivity index (χ1n) is 9.56. The fraction of sp³-hybridized carbons (Fsp3) is 0.600. The second-order valence-corrected chi connectivity index (χ2v) is 7.98. The number of amides is 1. The molecule has 0 aromatic heterocycles. The summed E-state index contributed by atoms with van der Waals surface area (Å²) in [5.41, 5.74) is 0.964.